The molecule has 1 aliphatic heterocycles. The highest BCUT2D eigenvalue weighted by molar-refractivity contribution is 5.69. The number of nitrogens with zero attached hydrogens (tertiary/aromatic N) is 2. The maximum Gasteiger partial charge on any atom is 0.305 e. The largest absolute Gasteiger partial charge is 0.466 e. The normalized spacial score (nSPS) is 18.7. The van der Waals surface area contributed by atoms with Gasteiger partial charge in [-0.05, 0) is 26.9 Å². The van der Waals surface area contributed by atoms with Crippen LogP contribution in [0.25, 0.3) is 0 Å². The molecule has 0 unspecified atom stereocenters. The third-order valence-corrected chi connectivity index (χ3v) is 2.40. The summed E-state index contributed by atoms with van der Waals surface area (Å²) >= 11 is 0. The van der Waals surface area contributed by atoms with Crippen LogP contribution in [-0.4, -0.2) is 55.7 Å². The van der Waals surface area contributed by atoms with Gasteiger partial charge in [0.2, 0.25) is 0 Å². The fraction of sp³-hybridized carbons (Fsp3) is 0.900. The zero-order valence-electron chi connectivity index (χ0n) is 9.16. The first-order chi connectivity index (χ1) is 6.72. The maximum atomic E-state index is 11.0. The average molecular weight is 200 g/mol. The molecule has 0 bridgehead atoms. The van der Waals surface area contributed by atoms with Gasteiger partial charge in [0.25, 0.3) is 0 Å². The first-order valence-electron chi connectivity index (χ1n) is 5.29. The Bertz CT molecular complexity index is 185. The van der Waals surface area contributed by atoms with Gasteiger partial charge in [-0.3, -0.25) is 14.6 Å². The lowest BCUT2D eigenvalue weighted by molar-refractivity contribution is -0.143. The Hall–Kier alpha value is -0.610. The van der Waals surface area contributed by atoms with E-state index in [1.165, 1.54) is 0 Å². The summed E-state index contributed by atoms with van der Waals surface area (Å²) in [6, 6.07) is 0. The van der Waals surface area contributed by atoms with Gasteiger partial charge in [0.1, 0.15) is 0 Å². The molecular weight excluding hydrogens is 180 g/mol. The number of rotatable bonds is 5. The summed E-state index contributed by atoms with van der Waals surface area (Å²) in [4.78, 5) is 15.7. The zero-order valence-corrected chi connectivity index (χ0v) is 9.16. The first-order valence-corrected chi connectivity index (χ1v) is 5.29. The molecule has 0 aliphatic carbocycles. The second-order valence-electron chi connectivity index (χ2n) is 3.75. The summed E-state index contributed by atoms with van der Waals surface area (Å²) in [5.74, 6) is -0.0694. The molecule has 0 radical (unpaired) electrons. The molecule has 1 rings (SSSR count). The van der Waals surface area contributed by atoms with Crippen LogP contribution in [0, 0.1) is 0 Å². The van der Waals surface area contributed by atoms with Crippen LogP contribution in [0.3, 0.4) is 0 Å². The van der Waals surface area contributed by atoms with E-state index < -0.39 is 0 Å². The lowest BCUT2D eigenvalue weighted by Gasteiger charge is -2.14. The van der Waals surface area contributed by atoms with Crippen LogP contribution < -0.4 is 0 Å². The monoisotopic (exact) mass is 200 g/mol. The molecule has 0 atom stereocenters. The van der Waals surface area contributed by atoms with Gasteiger partial charge in [-0.15, -0.1) is 0 Å². The molecule has 82 valence electrons. The fourth-order valence-corrected chi connectivity index (χ4v) is 1.66. The van der Waals surface area contributed by atoms with Gasteiger partial charge < -0.3 is 4.74 Å². The van der Waals surface area contributed by atoms with Gasteiger partial charge in [0.15, 0.2) is 0 Å². The molecule has 14 heavy (non-hydrogen) atoms. The van der Waals surface area contributed by atoms with E-state index >= 15 is 0 Å². The van der Waals surface area contributed by atoms with Crippen LogP contribution in [0.15, 0.2) is 0 Å². The minimum atomic E-state index is -0.0694. The summed E-state index contributed by atoms with van der Waals surface area (Å²) in [6.45, 7) is 6.63. The van der Waals surface area contributed by atoms with Crippen LogP contribution in [0.2, 0.25) is 0 Å². The maximum absolute atomic E-state index is 11.0. The molecular formula is C10H20N2O2. The van der Waals surface area contributed by atoms with E-state index in [9.17, 15) is 4.79 Å². The Morgan fingerprint density at radius 2 is 2.21 bits per heavy atom. The van der Waals surface area contributed by atoms with Gasteiger partial charge in [-0.1, -0.05) is 0 Å². The molecule has 0 spiro atoms. The average Bonchev–Trinajstić information content (AvgIpc) is 2.52. The van der Waals surface area contributed by atoms with Gasteiger partial charge in [-0.25, -0.2) is 0 Å². The molecule has 0 aromatic rings. The van der Waals surface area contributed by atoms with Gasteiger partial charge in [-0.2, -0.15) is 0 Å². The van der Waals surface area contributed by atoms with Crippen molar-refractivity contribution in [2.75, 3.05) is 40.0 Å². The van der Waals surface area contributed by atoms with Crippen molar-refractivity contribution in [3.63, 3.8) is 0 Å². The van der Waals surface area contributed by atoms with E-state index in [4.69, 9.17) is 4.74 Å². The van der Waals surface area contributed by atoms with E-state index in [1.807, 2.05) is 6.92 Å². The van der Waals surface area contributed by atoms with Crippen molar-refractivity contribution >= 4 is 5.97 Å². The van der Waals surface area contributed by atoms with Crippen molar-refractivity contribution in [3.8, 4) is 0 Å². The second-order valence-corrected chi connectivity index (χ2v) is 3.75. The third kappa shape index (κ3) is 4.07. The van der Waals surface area contributed by atoms with Gasteiger partial charge in [0, 0.05) is 19.5 Å². The zero-order chi connectivity index (χ0) is 10.4. The van der Waals surface area contributed by atoms with Crippen molar-refractivity contribution in [2.24, 2.45) is 0 Å². The Balaban J connectivity index is 2.01. The van der Waals surface area contributed by atoms with Gasteiger partial charge >= 0.3 is 5.97 Å². The Labute approximate surface area is 85.8 Å². The van der Waals surface area contributed by atoms with Crippen molar-refractivity contribution in [1.82, 2.24) is 9.80 Å². The second kappa shape index (κ2) is 5.98. The topological polar surface area (TPSA) is 32.8 Å². The predicted molar refractivity (Wildman–Crippen MR) is 54.9 cm³/mol. The highest BCUT2D eigenvalue weighted by atomic mass is 16.5. The third-order valence-electron chi connectivity index (χ3n) is 2.40. The Morgan fingerprint density at radius 1 is 1.43 bits per heavy atom. The van der Waals surface area contributed by atoms with E-state index in [-0.39, 0.29) is 5.97 Å². The first kappa shape index (κ1) is 11.5. The van der Waals surface area contributed by atoms with Crippen molar-refractivity contribution < 1.29 is 9.53 Å². The number of carbonyl (C=O) groups excluding carboxylic acids is 1. The molecule has 0 saturated carbocycles. The fourth-order valence-electron chi connectivity index (χ4n) is 1.66. The van der Waals surface area contributed by atoms with E-state index in [0.29, 0.717) is 13.0 Å². The summed E-state index contributed by atoms with van der Waals surface area (Å²) < 4.78 is 4.86. The highest BCUT2D eigenvalue weighted by Crippen LogP contribution is 2.04. The van der Waals surface area contributed by atoms with Crippen LogP contribution in [-0.2, 0) is 9.53 Å². The van der Waals surface area contributed by atoms with E-state index in [2.05, 4.69) is 16.8 Å². The smallest absolute Gasteiger partial charge is 0.305 e. The molecule has 1 heterocycles. The SMILES string of the molecule is CCOC(=O)CCCN1CCN(C)C1. The summed E-state index contributed by atoms with van der Waals surface area (Å²) in [5, 5.41) is 0. The molecule has 0 N–H and O–H groups in total. The summed E-state index contributed by atoms with van der Waals surface area (Å²) in [6.07, 6.45) is 1.46. The van der Waals surface area contributed by atoms with E-state index in [1.54, 1.807) is 0 Å². The number of esters is 1. The minimum Gasteiger partial charge on any atom is -0.466 e. The molecule has 0 aromatic heterocycles. The number of likely N-dealkylation sites (N-methyl/N-ethyl adjacent to an activating group) is 1. The van der Waals surface area contributed by atoms with Crippen molar-refractivity contribution in [2.45, 2.75) is 19.8 Å². The minimum absolute atomic E-state index is 0.0694. The van der Waals surface area contributed by atoms with Crippen molar-refractivity contribution in [3.05, 3.63) is 0 Å². The lowest BCUT2D eigenvalue weighted by Crippen LogP contribution is -2.24. The molecule has 1 aliphatic rings. The molecule has 1 saturated heterocycles. The van der Waals surface area contributed by atoms with Crippen LogP contribution >= 0.6 is 0 Å². The predicted octanol–water partition coefficient (Wildman–Crippen LogP) is 0.535. The quantitative estimate of drug-likeness (QED) is 0.606. The van der Waals surface area contributed by atoms with Crippen LogP contribution in [0.5, 0.6) is 0 Å². The molecule has 4 nitrogen and oxygen atoms in total. The number of ether oxygens (including phenoxy) is 1. The number of carbonyl (C=O) groups is 1. The lowest BCUT2D eigenvalue weighted by atomic mass is 10.3. The molecule has 1 fully saturated rings. The number of hydrogen-bond donors (Lipinski definition) is 0. The van der Waals surface area contributed by atoms with Crippen LogP contribution in [0.4, 0.5) is 0 Å². The Morgan fingerprint density at radius 3 is 2.79 bits per heavy atom. The summed E-state index contributed by atoms with van der Waals surface area (Å²) in [7, 11) is 2.12. The number of hydrogen-bond acceptors (Lipinski definition) is 4. The van der Waals surface area contributed by atoms with Crippen LogP contribution in [0.1, 0.15) is 19.8 Å². The Kier molecular flexibility index (Phi) is 4.90. The molecule has 0 aromatic carbocycles. The van der Waals surface area contributed by atoms with Crippen molar-refractivity contribution in [1.29, 1.82) is 0 Å². The summed E-state index contributed by atoms with van der Waals surface area (Å²) in [5.41, 5.74) is 0. The molecule has 4 heteroatoms. The van der Waals surface area contributed by atoms with E-state index in [0.717, 1.165) is 32.7 Å². The van der Waals surface area contributed by atoms with Gasteiger partial charge in [0.05, 0.1) is 13.3 Å². The standard InChI is InChI=1S/C10H20N2O2/c1-3-14-10(13)5-4-6-12-8-7-11(2)9-12/h3-9H2,1-2H3. The highest BCUT2D eigenvalue weighted by Gasteiger charge is 2.15. The molecule has 0 amide bonds.